The second-order valence-electron chi connectivity index (χ2n) is 5.63. The van der Waals surface area contributed by atoms with Crippen LogP contribution in [0.1, 0.15) is 0 Å². The van der Waals surface area contributed by atoms with E-state index in [2.05, 4.69) is 15.5 Å². The number of nitro groups is 1. The molecule has 2 aromatic carbocycles. The Labute approximate surface area is 174 Å². The highest BCUT2D eigenvalue weighted by Crippen LogP contribution is 2.28. The molecule has 3 aromatic rings. The van der Waals surface area contributed by atoms with Crippen LogP contribution in [0.3, 0.4) is 0 Å². The molecule has 11 heteroatoms. The van der Waals surface area contributed by atoms with Gasteiger partial charge in [-0.15, -0.1) is 10.2 Å². The van der Waals surface area contributed by atoms with Gasteiger partial charge in [0.2, 0.25) is 5.91 Å². The Morgan fingerprint density at radius 2 is 1.86 bits per heavy atom. The van der Waals surface area contributed by atoms with Crippen LogP contribution in [0, 0.1) is 10.1 Å². The number of hydrogen-bond donors (Lipinski definition) is 1. The van der Waals surface area contributed by atoms with Gasteiger partial charge in [-0.2, -0.15) is 0 Å². The van der Waals surface area contributed by atoms with Crippen LogP contribution >= 0.6 is 35.0 Å². The fourth-order valence-corrected chi connectivity index (χ4v) is 3.37. The van der Waals surface area contributed by atoms with Gasteiger partial charge < -0.3 is 9.88 Å². The van der Waals surface area contributed by atoms with Crippen LogP contribution in [0.2, 0.25) is 10.0 Å². The van der Waals surface area contributed by atoms with E-state index in [1.165, 1.54) is 30.0 Å². The van der Waals surface area contributed by atoms with Crippen LogP contribution in [-0.2, 0) is 11.8 Å². The molecular formula is C17H13Cl2N5O3S. The molecular weight excluding hydrogens is 425 g/mol. The van der Waals surface area contributed by atoms with Crippen molar-refractivity contribution in [2.45, 2.75) is 5.16 Å². The fraction of sp³-hybridized carbons (Fsp3) is 0.118. The first-order valence-corrected chi connectivity index (χ1v) is 9.61. The average Bonchev–Trinajstić information content (AvgIpc) is 3.02. The fourth-order valence-electron chi connectivity index (χ4n) is 2.37. The summed E-state index contributed by atoms with van der Waals surface area (Å²) in [5.74, 6) is 0.228. The number of carbonyl (C=O) groups excluding carboxylic acids is 1. The van der Waals surface area contributed by atoms with Crippen molar-refractivity contribution in [1.82, 2.24) is 14.8 Å². The zero-order chi connectivity index (χ0) is 20.3. The minimum absolute atomic E-state index is 0.00632. The summed E-state index contributed by atoms with van der Waals surface area (Å²) in [4.78, 5) is 22.7. The molecule has 0 aliphatic carbocycles. The molecule has 8 nitrogen and oxygen atoms in total. The minimum Gasteiger partial charge on any atom is -0.320 e. The Bertz CT molecular complexity index is 1040. The maximum atomic E-state index is 12.2. The molecule has 144 valence electrons. The molecule has 1 N–H and O–H groups in total. The third-order valence-corrected chi connectivity index (χ3v) is 5.21. The van der Waals surface area contributed by atoms with Gasteiger partial charge in [-0.3, -0.25) is 14.9 Å². The Morgan fingerprint density at radius 3 is 2.54 bits per heavy atom. The van der Waals surface area contributed by atoms with Gasteiger partial charge in [-0.05, 0) is 36.4 Å². The largest absolute Gasteiger partial charge is 0.320 e. The highest BCUT2D eigenvalue weighted by Gasteiger charge is 2.18. The van der Waals surface area contributed by atoms with Crippen LogP contribution in [-0.4, -0.2) is 31.3 Å². The van der Waals surface area contributed by atoms with Gasteiger partial charge >= 0.3 is 0 Å². The van der Waals surface area contributed by atoms with Crippen LogP contribution in [0.25, 0.3) is 11.4 Å². The summed E-state index contributed by atoms with van der Waals surface area (Å²) in [6.07, 6.45) is 0. The van der Waals surface area contributed by atoms with E-state index >= 15 is 0 Å². The number of amides is 1. The van der Waals surface area contributed by atoms with Crippen molar-refractivity contribution in [2.75, 3.05) is 11.1 Å². The Kier molecular flexibility index (Phi) is 6.18. The molecule has 0 spiro atoms. The first-order chi connectivity index (χ1) is 13.3. The maximum Gasteiger partial charge on any atom is 0.294 e. The number of nitro benzene ring substituents is 1. The van der Waals surface area contributed by atoms with Crippen LogP contribution < -0.4 is 5.32 Å². The quantitative estimate of drug-likeness (QED) is 0.347. The topological polar surface area (TPSA) is 103 Å². The molecule has 3 rings (SSSR count). The molecule has 0 aliphatic heterocycles. The lowest BCUT2D eigenvalue weighted by Gasteiger charge is -2.07. The number of anilines is 1. The lowest BCUT2D eigenvalue weighted by atomic mass is 10.2. The van der Waals surface area contributed by atoms with Crippen molar-refractivity contribution >= 4 is 52.2 Å². The highest BCUT2D eigenvalue weighted by molar-refractivity contribution is 7.99. The van der Waals surface area contributed by atoms with Gasteiger partial charge in [0, 0.05) is 28.7 Å². The molecule has 0 fully saturated rings. The molecule has 0 saturated heterocycles. The minimum atomic E-state index is -0.601. The number of carbonyl (C=O) groups is 1. The molecule has 0 atom stereocenters. The van der Waals surface area contributed by atoms with Gasteiger partial charge in [0.15, 0.2) is 11.0 Å². The summed E-state index contributed by atoms with van der Waals surface area (Å²) >= 11 is 12.8. The molecule has 0 unspecified atom stereocenters. The molecule has 28 heavy (non-hydrogen) atoms. The number of halogens is 2. The number of rotatable bonds is 6. The molecule has 0 radical (unpaired) electrons. The van der Waals surface area contributed by atoms with Gasteiger partial charge in [0.05, 0.1) is 10.7 Å². The van der Waals surface area contributed by atoms with E-state index in [1.807, 2.05) is 12.1 Å². The first kappa shape index (κ1) is 20.1. The first-order valence-electron chi connectivity index (χ1n) is 7.87. The molecule has 1 aromatic heterocycles. The van der Waals surface area contributed by atoms with Crippen molar-refractivity contribution in [2.24, 2.45) is 7.05 Å². The van der Waals surface area contributed by atoms with Gasteiger partial charge in [-0.25, -0.2) is 0 Å². The summed E-state index contributed by atoms with van der Waals surface area (Å²) in [7, 11) is 1.79. The lowest BCUT2D eigenvalue weighted by molar-refractivity contribution is -0.383. The highest BCUT2D eigenvalue weighted by atomic mass is 35.5. The average molecular weight is 438 g/mol. The number of nitrogens with zero attached hydrogens (tertiary/aromatic N) is 4. The molecule has 1 amide bonds. The van der Waals surface area contributed by atoms with E-state index in [-0.39, 0.29) is 22.2 Å². The van der Waals surface area contributed by atoms with E-state index in [9.17, 15) is 14.9 Å². The molecule has 0 bridgehead atoms. The number of hydrogen-bond acceptors (Lipinski definition) is 6. The summed E-state index contributed by atoms with van der Waals surface area (Å²) < 4.78 is 1.76. The standard InChI is InChI=1S/C17H13Cl2N5O3S/c1-23-16(10-2-4-11(18)5-3-10)21-22-17(23)28-9-15(25)20-13-7-6-12(19)8-14(13)24(26)27/h2-8H,9H2,1H3,(H,20,25). The number of nitrogens with one attached hydrogen (secondary N) is 1. The van der Waals surface area contributed by atoms with E-state index in [0.717, 1.165) is 5.56 Å². The Morgan fingerprint density at radius 1 is 1.18 bits per heavy atom. The van der Waals surface area contributed by atoms with E-state index < -0.39 is 10.8 Å². The van der Waals surface area contributed by atoms with E-state index in [4.69, 9.17) is 23.2 Å². The number of benzene rings is 2. The molecule has 0 saturated carbocycles. The smallest absolute Gasteiger partial charge is 0.294 e. The monoisotopic (exact) mass is 437 g/mol. The van der Waals surface area contributed by atoms with Crippen LogP contribution in [0.15, 0.2) is 47.6 Å². The van der Waals surface area contributed by atoms with Crippen molar-refractivity contribution in [1.29, 1.82) is 0 Å². The summed E-state index contributed by atoms with van der Waals surface area (Å²) in [5.41, 5.74) is 0.654. The van der Waals surface area contributed by atoms with Crippen molar-refractivity contribution < 1.29 is 9.72 Å². The van der Waals surface area contributed by atoms with Gasteiger partial charge in [0.1, 0.15) is 5.69 Å². The van der Waals surface area contributed by atoms with E-state index in [0.29, 0.717) is 16.0 Å². The van der Waals surface area contributed by atoms with Crippen molar-refractivity contribution in [3.05, 3.63) is 62.6 Å². The Balaban J connectivity index is 1.67. The zero-order valence-corrected chi connectivity index (χ0v) is 16.8. The second kappa shape index (κ2) is 8.59. The maximum absolute atomic E-state index is 12.2. The summed E-state index contributed by atoms with van der Waals surface area (Å²) in [6, 6.07) is 11.2. The lowest BCUT2D eigenvalue weighted by Crippen LogP contribution is -2.15. The second-order valence-corrected chi connectivity index (χ2v) is 7.44. The van der Waals surface area contributed by atoms with Crippen LogP contribution in [0.5, 0.6) is 0 Å². The van der Waals surface area contributed by atoms with Crippen molar-refractivity contribution in [3.8, 4) is 11.4 Å². The predicted octanol–water partition coefficient (Wildman–Crippen LogP) is 4.43. The molecule has 0 aliphatic rings. The van der Waals surface area contributed by atoms with Crippen molar-refractivity contribution in [3.63, 3.8) is 0 Å². The van der Waals surface area contributed by atoms with Gasteiger partial charge in [-0.1, -0.05) is 35.0 Å². The van der Waals surface area contributed by atoms with Gasteiger partial charge in [0.25, 0.3) is 5.69 Å². The zero-order valence-electron chi connectivity index (χ0n) is 14.4. The van der Waals surface area contributed by atoms with E-state index in [1.54, 1.807) is 23.7 Å². The number of thioether (sulfide) groups is 1. The summed E-state index contributed by atoms with van der Waals surface area (Å²) in [5, 5.41) is 23.2. The third kappa shape index (κ3) is 4.61. The number of aromatic nitrogens is 3. The predicted molar refractivity (Wildman–Crippen MR) is 109 cm³/mol. The van der Waals surface area contributed by atoms with Crippen LogP contribution in [0.4, 0.5) is 11.4 Å². The molecule has 1 heterocycles. The SMILES string of the molecule is Cn1c(SCC(=O)Nc2ccc(Cl)cc2[N+](=O)[O-])nnc1-c1ccc(Cl)cc1. The normalized spacial score (nSPS) is 10.7. The summed E-state index contributed by atoms with van der Waals surface area (Å²) in [6.45, 7) is 0. The third-order valence-electron chi connectivity index (χ3n) is 3.70. The Hall–Kier alpha value is -2.62.